The van der Waals surface area contributed by atoms with Gasteiger partial charge in [-0.25, -0.2) is 4.79 Å². The second kappa shape index (κ2) is 6.31. The van der Waals surface area contributed by atoms with Crippen LogP contribution in [0, 0.1) is 24.2 Å². The number of benzene rings is 1. The monoisotopic (exact) mass is 428 g/mol. The molecule has 4 aliphatic rings. The van der Waals surface area contributed by atoms with E-state index in [4.69, 9.17) is 4.55 Å². The normalized spacial score (nSPS) is 33.7. The molecule has 4 bridgehead atoms. The molecule has 6 nitrogen and oxygen atoms in total. The predicted octanol–water partition coefficient (Wildman–Crippen LogP) is 3.04. The van der Waals surface area contributed by atoms with Gasteiger partial charge in [-0.15, -0.1) is 0 Å². The van der Waals surface area contributed by atoms with Gasteiger partial charge in [0.25, 0.3) is 0 Å². The molecule has 4 aliphatic carbocycles. The number of Topliss-reactive ketones (excluding diaryl/α,β-unsaturated/α-hetero) is 1. The molecule has 158 valence electrons. The van der Waals surface area contributed by atoms with Gasteiger partial charge in [-0.3, -0.25) is 9.35 Å². The zero-order valence-corrected chi connectivity index (χ0v) is 16.7. The first-order chi connectivity index (χ1) is 13.4. The highest BCUT2D eigenvalue weighted by Gasteiger charge is 2.65. The van der Waals surface area contributed by atoms with Crippen molar-refractivity contribution in [1.29, 1.82) is 0 Å². The number of carbonyl (C=O) groups excluding carboxylic acids is 2. The number of aryl methyl sites for hydroxylation is 1. The molecule has 1 aromatic rings. The van der Waals surface area contributed by atoms with Gasteiger partial charge in [-0.2, -0.15) is 17.2 Å². The molecule has 0 heterocycles. The first-order valence-electron chi connectivity index (χ1n) is 9.54. The van der Waals surface area contributed by atoms with Crippen LogP contribution in [0.1, 0.15) is 43.2 Å². The van der Waals surface area contributed by atoms with E-state index in [1.54, 1.807) is 0 Å². The fraction of sp³-hybridized carbons (Fsp3) is 0.600. The third kappa shape index (κ3) is 3.01. The minimum atomic E-state index is -5.95. The minimum absolute atomic E-state index is 0.121. The Morgan fingerprint density at radius 2 is 1.72 bits per heavy atom. The molecule has 0 aliphatic heterocycles. The van der Waals surface area contributed by atoms with Gasteiger partial charge in [0, 0.05) is 0 Å². The van der Waals surface area contributed by atoms with Gasteiger partial charge in [-0.05, 0) is 56.4 Å². The Morgan fingerprint density at radius 1 is 1.17 bits per heavy atom. The van der Waals surface area contributed by atoms with E-state index in [1.807, 2.05) is 31.2 Å². The summed E-state index contributed by atoms with van der Waals surface area (Å²) in [5.41, 5.74) is 0.124. The molecule has 5 rings (SSSR count). The predicted molar refractivity (Wildman–Crippen MR) is 97.8 cm³/mol. The molecular formula is C20H22F2O6S. The number of halogens is 2. The number of hydrogen-bond donors (Lipinski definition) is 1. The minimum Gasteiger partial charge on any atom is -0.459 e. The molecule has 4 fully saturated rings. The van der Waals surface area contributed by atoms with Crippen LogP contribution in [0.5, 0.6) is 0 Å². The Bertz CT molecular complexity index is 955. The van der Waals surface area contributed by atoms with Gasteiger partial charge < -0.3 is 4.74 Å². The molecule has 2 unspecified atom stereocenters. The summed E-state index contributed by atoms with van der Waals surface area (Å²) in [6.07, 6.45) is 3.17. The van der Waals surface area contributed by atoms with Crippen LogP contribution in [0.25, 0.3) is 0 Å². The maximum atomic E-state index is 13.6. The lowest BCUT2D eigenvalue weighted by Gasteiger charge is -2.60. The topological polar surface area (TPSA) is 97.7 Å². The largest absolute Gasteiger partial charge is 0.465 e. The van der Waals surface area contributed by atoms with Crippen LogP contribution in [-0.4, -0.2) is 36.6 Å². The van der Waals surface area contributed by atoms with Crippen LogP contribution in [-0.2, 0) is 29.9 Å². The van der Waals surface area contributed by atoms with Crippen molar-refractivity contribution in [3.8, 4) is 0 Å². The molecule has 1 aromatic carbocycles. The summed E-state index contributed by atoms with van der Waals surface area (Å²) in [6, 6.07) is 7.71. The van der Waals surface area contributed by atoms with Crippen molar-refractivity contribution in [2.45, 2.75) is 49.7 Å². The zero-order chi connectivity index (χ0) is 21.2. The van der Waals surface area contributed by atoms with Crippen molar-refractivity contribution in [3.63, 3.8) is 0 Å². The van der Waals surface area contributed by atoms with Gasteiger partial charge in [0.05, 0.1) is 10.8 Å². The number of ether oxygens (including phenoxy) is 1. The molecule has 1 N–H and O–H groups in total. The van der Waals surface area contributed by atoms with Gasteiger partial charge >= 0.3 is 21.3 Å². The van der Waals surface area contributed by atoms with E-state index in [0.29, 0.717) is 25.7 Å². The van der Waals surface area contributed by atoms with E-state index in [9.17, 15) is 26.8 Å². The molecule has 2 atom stereocenters. The van der Waals surface area contributed by atoms with Crippen LogP contribution in [0.4, 0.5) is 8.78 Å². The van der Waals surface area contributed by atoms with Gasteiger partial charge in [0.1, 0.15) is 6.61 Å². The fourth-order valence-electron chi connectivity index (χ4n) is 5.90. The highest BCUT2D eigenvalue weighted by molar-refractivity contribution is 7.87. The SMILES string of the molecule is Cc1ccc(C23CC4CC(CC(COC(=O)C(F)(F)S(=O)(=O)O)(C4)C2=O)C3)cc1. The van der Waals surface area contributed by atoms with Crippen molar-refractivity contribution in [1.82, 2.24) is 0 Å². The third-order valence-corrected chi connectivity index (χ3v) is 7.68. The highest BCUT2D eigenvalue weighted by Crippen LogP contribution is 2.63. The van der Waals surface area contributed by atoms with Gasteiger partial charge in [-0.1, -0.05) is 29.8 Å². The summed E-state index contributed by atoms with van der Waals surface area (Å²) in [6.45, 7) is 1.35. The summed E-state index contributed by atoms with van der Waals surface area (Å²) < 4.78 is 61.9. The van der Waals surface area contributed by atoms with Crippen LogP contribution < -0.4 is 0 Å². The van der Waals surface area contributed by atoms with Crippen LogP contribution in [0.3, 0.4) is 0 Å². The van der Waals surface area contributed by atoms with E-state index in [0.717, 1.165) is 17.5 Å². The molecule has 0 saturated heterocycles. The summed E-state index contributed by atoms with van der Waals surface area (Å²) >= 11 is 0. The summed E-state index contributed by atoms with van der Waals surface area (Å²) in [7, 11) is -5.95. The number of alkyl halides is 2. The van der Waals surface area contributed by atoms with Crippen LogP contribution in [0.15, 0.2) is 24.3 Å². The molecule has 0 amide bonds. The average Bonchev–Trinajstić information content (AvgIpc) is 2.63. The van der Waals surface area contributed by atoms with Crippen molar-refractivity contribution in [3.05, 3.63) is 35.4 Å². The van der Waals surface area contributed by atoms with Crippen molar-refractivity contribution >= 4 is 21.9 Å². The van der Waals surface area contributed by atoms with Crippen molar-refractivity contribution in [2.75, 3.05) is 6.61 Å². The van der Waals surface area contributed by atoms with E-state index in [2.05, 4.69) is 4.74 Å². The Kier molecular flexibility index (Phi) is 4.44. The molecule has 9 heteroatoms. The highest BCUT2D eigenvalue weighted by atomic mass is 32.2. The summed E-state index contributed by atoms with van der Waals surface area (Å²) in [5, 5.41) is -5.06. The van der Waals surface area contributed by atoms with Crippen molar-refractivity contribution < 1.29 is 36.1 Å². The number of esters is 1. The van der Waals surface area contributed by atoms with Crippen LogP contribution in [0.2, 0.25) is 0 Å². The van der Waals surface area contributed by atoms with E-state index in [1.165, 1.54) is 0 Å². The van der Waals surface area contributed by atoms with E-state index < -0.39 is 38.8 Å². The lowest BCUT2D eigenvalue weighted by molar-refractivity contribution is -0.178. The molecule has 4 saturated carbocycles. The first kappa shape index (κ1) is 20.4. The lowest BCUT2D eigenvalue weighted by atomic mass is 9.42. The number of rotatable bonds is 5. The Balaban J connectivity index is 1.63. The summed E-state index contributed by atoms with van der Waals surface area (Å²) in [5.74, 6) is -2.05. The first-order valence-corrected chi connectivity index (χ1v) is 11.0. The second-order valence-corrected chi connectivity index (χ2v) is 10.4. The fourth-order valence-corrected chi connectivity index (χ4v) is 6.17. The number of carbonyl (C=O) groups is 2. The van der Waals surface area contributed by atoms with Crippen molar-refractivity contribution in [2.24, 2.45) is 17.3 Å². The van der Waals surface area contributed by atoms with Gasteiger partial charge in [0.2, 0.25) is 0 Å². The van der Waals surface area contributed by atoms with Crippen LogP contribution >= 0.6 is 0 Å². The molecule has 29 heavy (non-hydrogen) atoms. The number of ketones is 1. The van der Waals surface area contributed by atoms with E-state index >= 15 is 0 Å². The Labute approximate surface area is 167 Å². The number of hydrogen-bond acceptors (Lipinski definition) is 5. The zero-order valence-electron chi connectivity index (χ0n) is 15.9. The second-order valence-electron chi connectivity index (χ2n) is 8.91. The maximum Gasteiger partial charge on any atom is 0.465 e. The standard InChI is InChI=1S/C20H22F2O6S/c1-12-2-4-15(5-3-12)19-9-13-6-14(10-19)8-18(7-13,16(19)23)11-28-17(24)20(21,22)29(25,26)27/h2-5,13-14H,6-11H2,1H3,(H,25,26,27). The Morgan fingerprint density at radius 3 is 2.24 bits per heavy atom. The maximum absolute atomic E-state index is 13.6. The lowest BCUT2D eigenvalue weighted by Crippen LogP contribution is -2.63. The Hall–Kier alpha value is -1.87. The molecule has 0 spiro atoms. The quantitative estimate of drug-likeness (QED) is 0.572. The smallest absolute Gasteiger partial charge is 0.459 e. The molecule has 0 aromatic heterocycles. The molecular weight excluding hydrogens is 406 g/mol. The third-order valence-electron chi connectivity index (χ3n) is 6.86. The average molecular weight is 428 g/mol. The van der Waals surface area contributed by atoms with Gasteiger partial charge in [0.15, 0.2) is 5.78 Å². The van der Waals surface area contributed by atoms with E-state index in [-0.39, 0.29) is 17.6 Å². The summed E-state index contributed by atoms with van der Waals surface area (Å²) in [4.78, 5) is 25.3. The molecule has 0 radical (unpaired) electrons.